The van der Waals surface area contributed by atoms with E-state index in [-0.39, 0.29) is 0 Å². The smallest absolute Gasteiger partial charge is 0.336 e. The number of carboxylic acids is 1. The fraction of sp³-hybridized carbons (Fsp3) is 0.462. The van der Waals surface area contributed by atoms with Crippen LogP contribution in [-0.2, 0) is 20.0 Å². The molecule has 25 heavy (non-hydrogen) atoms. The van der Waals surface area contributed by atoms with E-state index in [1.807, 2.05) is 0 Å². The summed E-state index contributed by atoms with van der Waals surface area (Å²) in [5.74, 6) is -3.06. The van der Waals surface area contributed by atoms with Crippen LogP contribution in [0.2, 0.25) is 0 Å². The number of primary sulfonamides is 2. The van der Waals surface area contributed by atoms with Gasteiger partial charge in [0.25, 0.3) is 0 Å². The summed E-state index contributed by atoms with van der Waals surface area (Å²) in [5, 5.41) is 18.8. The minimum atomic E-state index is -3.95. The van der Waals surface area contributed by atoms with E-state index >= 15 is 0 Å². The summed E-state index contributed by atoms with van der Waals surface area (Å²) in [6, 6.07) is 3.38. The van der Waals surface area contributed by atoms with E-state index in [9.17, 15) is 35.5 Å². The zero-order chi connectivity index (χ0) is 19.4. The number of rotatable bonds is 9. The first-order valence-electron chi connectivity index (χ1n) is 6.97. The Morgan fingerprint density at radius 3 is 1.60 bits per heavy atom. The lowest BCUT2D eigenvalue weighted by atomic mass is 9.93. The Bertz CT molecular complexity index is 782. The van der Waals surface area contributed by atoms with Gasteiger partial charge >= 0.3 is 5.97 Å². The Morgan fingerprint density at radius 2 is 1.32 bits per heavy atom. The minimum absolute atomic E-state index is 0.410. The normalized spacial score (nSPS) is 14.9. The first-order chi connectivity index (χ1) is 11.3. The molecule has 1 aromatic carbocycles. The quantitative estimate of drug-likeness (QED) is 0.555. The van der Waals surface area contributed by atoms with E-state index in [1.165, 1.54) is 6.07 Å². The minimum Gasteiger partial charge on any atom is -0.478 e. The second-order valence-corrected chi connectivity index (χ2v) is 8.83. The third-order valence-corrected chi connectivity index (χ3v) is 4.94. The fourth-order valence-corrected chi connectivity index (χ4v) is 3.28. The molecule has 0 aliphatic carbocycles. The maximum absolute atomic E-state index is 14.3. The summed E-state index contributed by atoms with van der Waals surface area (Å²) in [7, 11) is -7.91. The summed E-state index contributed by atoms with van der Waals surface area (Å²) in [6.07, 6.45) is -5.21. The van der Waals surface area contributed by atoms with Crippen molar-refractivity contribution < 1.29 is 35.5 Å². The van der Waals surface area contributed by atoms with Gasteiger partial charge in [0.05, 0.1) is 17.1 Å². The second-order valence-electron chi connectivity index (χ2n) is 5.36. The SMILES string of the molecule is NS(=O)(=O)CCC(F)c1cccc(C(F)CCS(N)(=O)=O)c1C(=O)O. The Morgan fingerprint density at radius 1 is 0.960 bits per heavy atom. The van der Waals surface area contributed by atoms with Crippen LogP contribution in [0.5, 0.6) is 0 Å². The lowest BCUT2D eigenvalue weighted by Crippen LogP contribution is -2.19. The molecule has 1 rings (SSSR count). The highest BCUT2D eigenvalue weighted by Crippen LogP contribution is 2.33. The Hall–Kier alpha value is -1.63. The predicted octanol–water partition coefficient (Wildman–Crippen LogP) is 0.763. The summed E-state index contributed by atoms with van der Waals surface area (Å²) < 4.78 is 72.2. The van der Waals surface area contributed by atoms with Gasteiger partial charge in [-0.05, 0) is 12.8 Å². The van der Waals surface area contributed by atoms with Crippen LogP contribution in [0.4, 0.5) is 8.78 Å². The molecular formula is C13H18F2N2O6S2. The molecule has 1 aromatic rings. The summed E-state index contributed by atoms with van der Waals surface area (Å²) in [5.41, 5.74) is -1.50. The zero-order valence-electron chi connectivity index (χ0n) is 12.9. The molecule has 0 spiro atoms. The molecule has 2 atom stereocenters. The molecule has 8 nitrogen and oxygen atoms in total. The van der Waals surface area contributed by atoms with Gasteiger partial charge in [-0.15, -0.1) is 0 Å². The molecule has 0 radical (unpaired) electrons. The lowest BCUT2D eigenvalue weighted by molar-refractivity contribution is 0.0689. The van der Waals surface area contributed by atoms with Gasteiger partial charge < -0.3 is 5.11 Å². The maximum atomic E-state index is 14.3. The van der Waals surface area contributed by atoms with Crippen LogP contribution in [-0.4, -0.2) is 39.4 Å². The van der Waals surface area contributed by atoms with Gasteiger partial charge in [-0.1, -0.05) is 18.2 Å². The molecule has 0 saturated carbocycles. The molecule has 142 valence electrons. The van der Waals surface area contributed by atoms with Gasteiger partial charge in [0.2, 0.25) is 20.0 Å². The Balaban J connectivity index is 3.18. The van der Waals surface area contributed by atoms with Crippen LogP contribution < -0.4 is 10.3 Å². The number of nitrogens with two attached hydrogens (primary N) is 2. The van der Waals surface area contributed by atoms with Crippen molar-refractivity contribution in [1.82, 2.24) is 0 Å². The van der Waals surface area contributed by atoms with Crippen LogP contribution >= 0.6 is 0 Å². The molecular weight excluding hydrogens is 382 g/mol. The molecule has 0 aliphatic heterocycles. The van der Waals surface area contributed by atoms with Crippen LogP contribution in [0.25, 0.3) is 0 Å². The monoisotopic (exact) mass is 400 g/mol. The first-order valence-corrected chi connectivity index (χ1v) is 10.4. The van der Waals surface area contributed by atoms with Crippen LogP contribution in [0.15, 0.2) is 18.2 Å². The zero-order valence-corrected chi connectivity index (χ0v) is 14.6. The number of alkyl halides is 2. The van der Waals surface area contributed by atoms with Gasteiger partial charge in [-0.2, -0.15) is 0 Å². The van der Waals surface area contributed by atoms with Crippen molar-refractivity contribution >= 4 is 26.0 Å². The average Bonchev–Trinajstić information content (AvgIpc) is 2.47. The van der Waals surface area contributed by atoms with Gasteiger partial charge in [-0.3, -0.25) is 0 Å². The van der Waals surface area contributed by atoms with Crippen molar-refractivity contribution in [2.24, 2.45) is 10.3 Å². The predicted molar refractivity (Wildman–Crippen MR) is 86.3 cm³/mol. The van der Waals surface area contributed by atoms with Gasteiger partial charge in [0.1, 0.15) is 12.3 Å². The van der Waals surface area contributed by atoms with Crippen molar-refractivity contribution in [3.63, 3.8) is 0 Å². The van der Waals surface area contributed by atoms with Crippen molar-refractivity contribution in [3.05, 3.63) is 34.9 Å². The van der Waals surface area contributed by atoms with E-state index in [2.05, 4.69) is 0 Å². The van der Waals surface area contributed by atoms with E-state index < -0.39 is 79.4 Å². The third-order valence-electron chi connectivity index (χ3n) is 3.33. The number of hydrogen-bond acceptors (Lipinski definition) is 5. The number of halogens is 2. The number of carboxylic acid groups (broad SMARTS) is 1. The summed E-state index contributed by atoms with van der Waals surface area (Å²) >= 11 is 0. The summed E-state index contributed by atoms with van der Waals surface area (Å²) in [4.78, 5) is 11.4. The molecule has 12 heteroatoms. The molecule has 5 N–H and O–H groups in total. The fourth-order valence-electron chi connectivity index (χ4n) is 2.20. The first kappa shape index (κ1) is 21.4. The maximum Gasteiger partial charge on any atom is 0.336 e. The van der Waals surface area contributed by atoms with Crippen LogP contribution in [0, 0.1) is 0 Å². The van der Waals surface area contributed by atoms with E-state index in [0.29, 0.717) is 0 Å². The molecule has 0 bridgehead atoms. The van der Waals surface area contributed by atoms with Crippen molar-refractivity contribution in [1.29, 1.82) is 0 Å². The van der Waals surface area contributed by atoms with Crippen molar-refractivity contribution in [2.75, 3.05) is 11.5 Å². The molecule has 0 saturated heterocycles. The highest BCUT2D eigenvalue weighted by atomic mass is 32.2. The highest BCUT2D eigenvalue weighted by Gasteiger charge is 2.27. The van der Waals surface area contributed by atoms with E-state index in [4.69, 9.17) is 10.3 Å². The van der Waals surface area contributed by atoms with E-state index in [1.54, 1.807) is 0 Å². The molecule has 0 amide bonds. The molecule has 0 aliphatic rings. The van der Waals surface area contributed by atoms with Gasteiger partial charge in [-0.25, -0.2) is 40.7 Å². The summed E-state index contributed by atoms with van der Waals surface area (Å²) in [6.45, 7) is 0. The Labute approximate surface area is 143 Å². The molecule has 0 aromatic heterocycles. The van der Waals surface area contributed by atoms with Crippen LogP contribution in [0.3, 0.4) is 0 Å². The van der Waals surface area contributed by atoms with E-state index in [0.717, 1.165) is 12.1 Å². The van der Waals surface area contributed by atoms with Gasteiger partial charge in [0, 0.05) is 11.1 Å². The lowest BCUT2D eigenvalue weighted by Gasteiger charge is -2.17. The molecule has 2 unspecified atom stereocenters. The number of benzene rings is 1. The number of aromatic carboxylic acids is 1. The molecule has 0 heterocycles. The molecule has 0 fully saturated rings. The second kappa shape index (κ2) is 8.17. The highest BCUT2D eigenvalue weighted by molar-refractivity contribution is 7.89. The topological polar surface area (TPSA) is 158 Å². The van der Waals surface area contributed by atoms with Crippen molar-refractivity contribution in [3.8, 4) is 0 Å². The number of sulfonamides is 2. The standard InChI is InChI=1S/C13H18F2N2O6S2/c14-10(4-6-24(16,20)21)8-2-1-3-9(12(8)13(18)19)11(15)5-7-25(17,22)23/h1-3,10-11H,4-7H2,(H,18,19)(H2,16,20,21)(H2,17,22,23). The largest absolute Gasteiger partial charge is 0.478 e. The number of hydrogen-bond donors (Lipinski definition) is 3. The van der Waals surface area contributed by atoms with Crippen LogP contribution in [0.1, 0.15) is 46.7 Å². The number of carbonyl (C=O) groups is 1. The average molecular weight is 400 g/mol. The Kier molecular flexibility index (Phi) is 6.99. The third kappa shape index (κ3) is 7.02. The van der Waals surface area contributed by atoms with Gasteiger partial charge in [0.15, 0.2) is 0 Å². The van der Waals surface area contributed by atoms with Crippen molar-refractivity contribution in [2.45, 2.75) is 25.2 Å².